The van der Waals surface area contributed by atoms with E-state index >= 15 is 0 Å². The van der Waals surface area contributed by atoms with Gasteiger partial charge in [-0.05, 0) is 236 Å². The molecule has 0 bridgehead atoms. The third kappa shape index (κ3) is 9.30. The Morgan fingerprint density at radius 1 is 0.202 bits per heavy atom. The van der Waals surface area contributed by atoms with Crippen molar-refractivity contribution in [3.05, 3.63) is 405 Å². The van der Waals surface area contributed by atoms with Gasteiger partial charge in [0.2, 0.25) is 0 Å². The molecule has 0 radical (unpaired) electrons. The molecule has 0 N–H and O–H groups in total. The Morgan fingerprint density at radius 3 is 0.809 bits per heavy atom. The van der Waals surface area contributed by atoms with Gasteiger partial charge < -0.3 is 9.80 Å². The summed E-state index contributed by atoms with van der Waals surface area (Å²) in [5, 5.41) is 0. The van der Waals surface area contributed by atoms with Gasteiger partial charge in [0, 0.05) is 22.7 Å². The number of aryl methyl sites for hydroxylation is 6. The van der Waals surface area contributed by atoms with E-state index in [2.05, 4.69) is 379 Å². The molecule has 450 valence electrons. The number of fused-ring (bicyclic) bond motifs is 6. The van der Waals surface area contributed by atoms with E-state index in [1.165, 1.54) is 145 Å². The fourth-order valence-electron chi connectivity index (χ4n) is 16.1. The molecular formula is C92H72N2. The number of rotatable bonds is 13. The molecule has 2 heteroatoms. The average Bonchev–Trinajstić information content (AvgIpc) is 1.54. The van der Waals surface area contributed by atoms with Crippen LogP contribution in [0, 0.1) is 41.5 Å². The molecule has 2 nitrogen and oxygen atoms in total. The number of para-hydroxylation sites is 2. The van der Waals surface area contributed by atoms with E-state index in [9.17, 15) is 0 Å². The third-order valence-corrected chi connectivity index (χ3v) is 20.4. The number of nitrogens with zero attached hydrogens (tertiary/aromatic N) is 2. The summed E-state index contributed by atoms with van der Waals surface area (Å²) in [5.74, 6) is 0. The van der Waals surface area contributed by atoms with Crippen LogP contribution in [0.5, 0.6) is 0 Å². The lowest BCUT2D eigenvalue weighted by atomic mass is 9.67. The first kappa shape index (κ1) is 57.8. The van der Waals surface area contributed by atoms with Crippen LogP contribution in [0.25, 0.3) is 55.6 Å². The number of benzene rings is 14. The Bertz CT molecular complexity index is 4730. The molecule has 0 heterocycles. The van der Waals surface area contributed by atoms with E-state index in [1.807, 2.05) is 0 Å². The van der Waals surface area contributed by atoms with Gasteiger partial charge >= 0.3 is 0 Å². The van der Waals surface area contributed by atoms with Crippen molar-refractivity contribution < 1.29 is 0 Å². The SMILES string of the molecule is Cc1cc(-c2ccc(N(c3ccc(-c4ccc5c(c4)C(c4ccccc4)(c4ccccc4)c4ccccc4-5)cc3)c3c(C)cccc3C)c(C)c2)ccc1N(c1ccc(-c2ccc3c(c2)C(c2ccccc2)(c2ccccc2)c2ccccc2-3)cc1)c1c(C)cccc1C. The Kier molecular flexibility index (Phi) is 14.4. The second kappa shape index (κ2) is 23.4. The highest BCUT2D eigenvalue weighted by Crippen LogP contribution is 2.59. The van der Waals surface area contributed by atoms with Crippen LogP contribution >= 0.6 is 0 Å². The van der Waals surface area contributed by atoms with Gasteiger partial charge in [-0.25, -0.2) is 0 Å². The lowest BCUT2D eigenvalue weighted by Gasteiger charge is -2.34. The number of hydrogen-bond acceptors (Lipinski definition) is 2. The largest absolute Gasteiger partial charge is 0.310 e. The van der Waals surface area contributed by atoms with Crippen molar-refractivity contribution in [3.63, 3.8) is 0 Å². The number of anilines is 6. The molecule has 94 heavy (non-hydrogen) atoms. The first-order chi connectivity index (χ1) is 46.1. The van der Waals surface area contributed by atoms with Crippen molar-refractivity contribution in [2.24, 2.45) is 0 Å². The van der Waals surface area contributed by atoms with Crippen LogP contribution in [0.2, 0.25) is 0 Å². The highest BCUT2D eigenvalue weighted by Gasteiger charge is 2.47. The highest BCUT2D eigenvalue weighted by atomic mass is 15.2. The lowest BCUT2D eigenvalue weighted by Crippen LogP contribution is -2.28. The van der Waals surface area contributed by atoms with Gasteiger partial charge in [-0.1, -0.05) is 267 Å². The van der Waals surface area contributed by atoms with Crippen molar-refractivity contribution in [1.29, 1.82) is 0 Å². The molecule has 2 aliphatic rings. The summed E-state index contributed by atoms with van der Waals surface area (Å²) in [6.45, 7) is 13.5. The molecule has 16 rings (SSSR count). The van der Waals surface area contributed by atoms with Crippen molar-refractivity contribution in [2.45, 2.75) is 52.4 Å². The monoisotopic (exact) mass is 1200 g/mol. The molecule has 2 aliphatic carbocycles. The van der Waals surface area contributed by atoms with Crippen molar-refractivity contribution >= 4 is 34.1 Å². The van der Waals surface area contributed by atoms with Gasteiger partial charge in [-0.15, -0.1) is 0 Å². The third-order valence-electron chi connectivity index (χ3n) is 20.4. The zero-order chi connectivity index (χ0) is 63.7. The van der Waals surface area contributed by atoms with Crippen molar-refractivity contribution in [2.75, 3.05) is 9.80 Å². The van der Waals surface area contributed by atoms with Crippen LogP contribution in [0.15, 0.2) is 328 Å². The van der Waals surface area contributed by atoms with E-state index in [0.717, 1.165) is 22.7 Å². The maximum absolute atomic E-state index is 2.47. The molecule has 0 aliphatic heterocycles. The minimum Gasteiger partial charge on any atom is -0.310 e. The summed E-state index contributed by atoms with van der Waals surface area (Å²) in [6.07, 6.45) is 0. The molecule has 0 unspecified atom stereocenters. The fraction of sp³-hybridized carbons (Fsp3) is 0.0870. The fourth-order valence-corrected chi connectivity index (χ4v) is 16.1. The molecule has 14 aromatic carbocycles. The first-order valence-electron chi connectivity index (χ1n) is 33.0. The van der Waals surface area contributed by atoms with Crippen LogP contribution in [-0.4, -0.2) is 0 Å². The summed E-state index contributed by atoms with van der Waals surface area (Å²) in [7, 11) is 0. The average molecular weight is 1210 g/mol. The predicted molar refractivity (Wildman–Crippen MR) is 395 cm³/mol. The van der Waals surface area contributed by atoms with Crippen LogP contribution in [-0.2, 0) is 10.8 Å². The first-order valence-corrected chi connectivity index (χ1v) is 33.0. The summed E-state index contributed by atoms with van der Waals surface area (Å²) in [4.78, 5) is 4.94. The molecule has 0 saturated carbocycles. The molecule has 0 aromatic heterocycles. The molecular weight excluding hydrogens is 1130 g/mol. The normalized spacial score (nSPS) is 13.0. The standard InChI is InChI=1S/C92H72N2/c1-61-25-23-26-62(2)89(61)93(77-49-41-67(42-50-77)71-45-53-81-79-37-19-21-39-83(79)91(85(81)59-71,73-29-11-7-12-30-73)74-31-13-8-14-32-74)87-55-47-69(57-65(87)5)70-48-56-88(66(6)58-70)94(90-63(3)27-24-28-64(90)4)78-51-43-68(44-52-78)72-46-54-82-80-38-20-22-40-84(80)92(86(82)60-72,75-33-15-9-16-34-75)76-35-17-10-18-36-76/h7-60H,1-6H3. The van der Waals surface area contributed by atoms with Crippen LogP contribution < -0.4 is 9.80 Å². The smallest absolute Gasteiger partial charge is 0.0713 e. The number of hydrogen-bond donors (Lipinski definition) is 0. The Hall–Kier alpha value is -11.3. The molecule has 14 aromatic rings. The molecule has 0 spiro atoms. The maximum Gasteiger partial charge on any atom is 0.0713 e. The molecule has 0 fully saturated rings. The molecule has 0 atom stereocenters. The molecule has 0 amide bonds. The van der Waals surface area contributed by atoms with Gasteiger partial charge in [-0.2, -0.15) is 0 Å². The van der Waals surface area contributed by atoms with Crippen molar-refractivity contribution in [1.82, 2.24) is 0 Å². The predicted octanol–water partition coefficient (Wildman–Crippen LogP) is 24.2. The van der Waals surface area contributed by atoms with E-state index in [4.69, 9.17) is 0 Å². The second-order valence-electron chi connectivity index (χ2n) is 25.8. The lowest BCUT2D eigenvalue weighted by molar-refractivity contribution is 0.769. The Balaban J connectivity index is 0.733. The topological polar surface area (TPSA) is 6.48 Å². The molecule has 0 saturated heterocycles. The Morgan fingerprint density at radius 2 is 0.479 bits per heavy atom. The maximum atomic E-state index is 2.47. The van der Waals surface area contributed by atoms with E-state index in [1.54, 1.807) is 0 Å². The minimum atomic E-state index is -0.468. The van der Waals surface area contributed by atoms with Crippen LogP contribution in [0.4, 0.5) is 34.1 Å². The van der Waals surface area contributed by atoms with E-state index in [0.29, 0.717) is 0 Å². The van der Waals surface area contributed by atoms with E-state index in [-0.39, 0.29) is 0 Å². The minimum absolute atomic E-state index is 0.468. The van der Waals surface area contributed by atoms with Crippen LogP contribution in [0.1, 0.15) is 77.9 Å². The van der Waals surface area contributed by atoms with Gasteiger partial charge in [0.25, 0.3) is 0 Å². The van der Waals surface area contributed by atoms with Gasteiger partial charge in [0.1, 0.15) is 0 Å². The van der Waals surface area contributed by atoms with Gasteiger partial charge in [-0.3, -0.25) is 0 Å². The summed E-state index contributed by atoms with van der Waals surface area (Å²) >= 11 is 0. The van der Waals surface area contributed by atoms with Crippen molar-refractivity contribution in [3.8, 4) is 55.6 Å². The summed E-state index contributed by atoms with van der Waals surface area (Å²) in [6, 6.07) is 122. The van der Waals surface area contributed by atoms with Crippen LogP contribution in [0.3, 0.4) is 0 Å². The summed E-state index contributed by atoms with van der Waals surface area (Å²) < 4.78 is 0. The Labute approximate surface area is 554 Å². The second-order valence-corrected chi connectivity index (χ2v) is 25.8. The zero-order valence-corrected chi connectivity index (χ0v) is 54.1. The van der Waals surface area contributed by atoms with Gasteiger partial charge in [0.05, 0.1) is 22.2 Å². The quantitative estimate of drug-likeness (QED) is 0.114. The highest BCUT2D eigenvalue weighted by molar-refractivity contribution is 5.92. The van der Waals surface area contributed by atoms with Gasteiger partial charge in [0.15, 0.2) is 0 Å². The van der Waals surface area contributed by atoms with E-state index < -0.39 is 10.8 Å². The zero-order valence-electron chi connectivity index (χ0n) is 54.1. The summed E-state index contributed by atoms with van der Waals surface area (Å²) in [5.41, 5.74) is 35.8.